The van der Waals surface area contributed by atoms with Crippen molar-refractivity contribution in [2.45, 2.75) is 13.0 Å². The lowest BCUT2D eigenvalue weighted by Crippen LogP contribution is -2.37. The Morgan fingerprint density at radius 1 is 1.11 bits per heavy atom. The first kappa shape index (κ1) is 13.1. The number of aliphatic imine (C=N–C) groups is 1. The van der Waals surface area contributed by atoms with E-state index in [2.05, 4.69) is 50.7 Å². The van der Waals surface area contributed by atoms with Gasteiger partial charge in [0.05, 0.1) is 6.54 Å². The molecule has 0 fully saturated rings. The highest BCUT2D eigenvalue weighted by Gasteiger charge is 1.99. The fourth-order valence-corrected chi connectivity index (χ4v) is 2.92. The Hall–Kier alpha value is -1.33. The summed E-state index contributed by atoms with van der Waals surface area (Å²) in [5.41, 5.74) is 0. The van der Waals surface area contributed by atoms with Gasteiger partial charge < -0.3 is 10.6 Å². The average molecular weight is 279 g/mol. The molecule has 0 aliphatic carbocycles. The average Bonchev–Trinajstić information content (AvgIpc) is 3.06. The van der Waals surface area contributed by atoms with Crippen LogP contribution in [0.25, 0.3) is 0 Å². The molecule has 96 valence electrons. The van der Waals surface area contributed by atoms with Crippen LogP contribution in [0, 0.1) is 0 Å². The summed E-state index contributed by atoms with van der Waals surface area (Å²) in [6.07, 6.45) is 1.04. The van der Waals surface area contributed by atoms with Gasteiger partial charge in [0.2, 0.25) is 0 Å². The third-order valence-corrected chi connectivity index (χ3v) is 4.29. The first-order valence-corrected chi connectivity index (χ1v) is 7.63. The van der Waals surface area contributed by atoms with Crippen LogP contribution in [0.1, 0.15) is 9.75 Å². The molecule has 18 heavy (non-hydrogen) atoms. The molecule has 0 unspecified atom stereocenters. The minimum atomic E-state index is 0.830. The SMILES string of the molecule is CN=C(NCCc1cccs1)NCc1cccs1. The topological polar surface area (TPSA) is 36.4 Å². The monoisotopic (exact) mass is 279 g/mol. The van der Waals surface area contributed by atoms with E-state index in [4.69, 9.17) is 0 Å². The highest BCUT2D eigenvalue weighted by atomic mass is 32.1. The maximum atomic E-state index is 4.21. The molecule has 0 amide bonds. The summed E-state index contributed by atoms with van der Waals surface area (Å²) >= 11 is 3.55. The van der Waals surface area contributed by atoms with Crippen LogP contribution in [0.15, 0.2) is 40.0 Å². The summed E-state index contributed by atoms with van der Waals surface area (Å²) in [5.74, 6) is 0.861. The van der Waals surface area contributed by atoms with Gasteiger partial charge in [-0.1, -0.05) is 12.1 Å². The van der Waals surface area contributed by atoms with Gasteiger partial charge in [0.15, 0.2) is 5.96 Å². The number of nitrogens with one attached hydrogen (secondary N) is 2. The Morgan fingerprint density at radius 2 is 1.83 bits per heavy atom. The summed E-state index contributed by atoms with van der Waals surface area (Å²) in [4.78, 5) is 6.92. The molecule has 2 heterocycles. The normalized spacial score (nSPS) is 11.5. The Balaban J connectivity index is 1.69. The number of thiophene rings is 2. The number of nitrogens with zero attached hydrogens (tertiary/aromatic N) is 1. The number of hydrogen-bond donors (Lipinski definition) is 2. The van der Waals surface area contributed by atoms with E-state index >= 15 is 0 Å². The van der Waals surface area contributed by atoms with Crippen molar-refractivity contribution in [2.75, 3.05) is 13.6 Å². The standard InChI is InChI=1S/C13H17N3S2/c1-14-13(16-10-12-5-3-9-18-12)15-7-6-11-4-2-8-17-11/h2-5,8-9H,6-7,10H2,1H3,(H2,14,15,16). The van der Waals surface area contributed by atoms with Crippen LogP contribution in [-0.2, 0) is 13.0 Å². The van der Waals surface area contributed by atoms with E-state index in [0.29, 0.717) is 0 Å². The fourth-order valence-electron chi connectivity index (χ4n) is 1.56. The molecule has 2 aromatic rings. The zero-order valence-electron chi connectivity index (χ0n) is 10.3. The third kappa shape index (κ3) is 4.16. The van der Waals surface area contributed by atoms with Crippen LogP contribution in [0.5, 0.6) is 0 Å². The van der Waals surface area contributed by atoms with Gasteiger partial charge in [-0.25, -0.2) is 0 Å². The van der Waals surface area contributed by atoms with Crippen LogP contribution < -0.4 is 10.6 Å². The molecule has 2 N–H and O–H groups in total. The molecular formula is C13H17N3S2. The van der Waals surface area contributed by atoms with Crippen LogP contribution in [-0.4, -0.2) is 19.6 Å². The molecule has 5 heteroatoms. The maximum absolute atomic E-state index is 4.21. The van der Waals surface area contributed by atoms with Crippen molar-refractivity contribution in [2.24, 2.45) is 4.99 Å². The fraction of sp³-hybridized carbons (Fsp3) is 0.308. The van der Waals surface area contributed by atoms with Gasteiger partial charge in [0.25, 0.3) is 0 Å². The smallest absolute Gasteiger partial charge is 0.191 e. The van der Waals surface area contributed by atoms with Crippen LogP contribution in [0.3, 0.4) is 0 Å². The van der Waals surface area contributed by atoms with Crippen molar-refractivity contribution in [1.29, 1.82) is 0 Å². The predicted molar refractivity (Wildman–Crippen MR) is 80.5 cm³/mol. The van der Waals surface area contributed by atoms with Crippen molar-refractivity contribution in [3.05, 3.63) is 44.8 Å². The van der Waals surface area contributed by atoms with E-state index in [0.717, 1.165) is 25.5 Å². The minimum absolute atomic E-state index is 0.830. The minimum Gasteiger partial charge on any atom is -0.356 e. The Bertz CT molecular complexity index is 460. The molecule has 0 saturated carbocycles. The summed E-state index contributed by atoms with van der Waals surface area (Å²) in [5, 5.41) is 10.8. The maximum Gasteiger partial charge on any atom is 0.191 e. The van der Waals surface area contributed by atoms with Crippen LogP contribution in [0.4, 0.5) is 0 Å². The number of rotatable bonds is 5. The second-order valence-corrected chi connectivity index (χ2v) is 5.83. The Kier molecular flexibility index (Phi) is 5.23. The molecule has 0 atom stereocenters. The molecule has 0 aliphatic heterocycles. The van der Waals surface area contributed by atoms with E-state index in [1.54, 1.807) is 29.7 Å². The highest BCUT2D eigenvalue weighted by molar-refractivity contribution is 7.10. The van der Waals surface area contributed by atoms with E-state index in [-0.39, 0.29) is 0 Å². The van der Waals surface area contributed by atoms with Crippen molar-refractivity contribution >= 4 is 28.6 Å². The van der Waals surface area contributed by atoms with Crippen molar-refractivity contribution in [1.82, 2.24) is 10.6 Å². The van der Waals surface area contributed by atoms with Crippen LogP contribution in [0.2, 0.25) is 0 Å². The molecule has 0 aromatic carbocycles. The number of guanidine groups is 1. The highest BCUT2D eigenvalue weighted by Crippen LogP contribution is 2.08. The van der Waals surface area contributed by atoms with Crippen molar-refractivity contribution in [3.63, 3.8) is 0 Å². The van der Waals surface area contributed by atoms with Gasteiger partial charge in [0.1, 0.15) is 0 Å². The largest absolute Gasteiger partial charge is 0.356 e. The molecule has 2 rings (SSSR count). The van der Waals surface area contributed by atoms with Gasteiger partial charge in [0, 0.05) is 23.3 Å². The molecule has 0 spiro atoms. The van der Waals surface area contributed by atoms with Crippen molar-refractivity contribution < 1.29 is 0 Å². The van der Waals surface area contributed by atoms with Gasteiger partial charge in [-0.2, -0.15) is 0 Å². The second kappa shape index (κ2) is 7.18. The zero-order chi connectivity index (χ0) is 12.6. The van der Waals surface area contributed by atoms with Crippen molar-refractivity contribution in [3.8, 4) is 0 Å². The molecule has 0 aliphatic rings. The predicted octanol–water partition coefficient (Wildman–Crippen LogP) is 2.72. The second-order valence-electron chi connectivity index (χ2n) is 3.76. The van der Waals surface area contributed by atoms with E-state index in [1.807, 2.05) is 0 Å². The summed E-state index contributed by atoms with van der Waals surface area (Å²) in [6, 6.07) is 8.43. The lowest BCUT2D eigenvalue weighted by Gasteiger charge is -2.10. The molecule has 3 nitrogen and oxygen atoms in total. The zero-order valence-corrected chi connectivity index (χ0v) is 12.0. The molecule has 2 aromatic heterocycles. The third-order valence-electron chi connectivity index (χ3n) is 2.48. The van der Waals surface area contributed by atoms with E-state index in [1.165, 1.54) is 9.75 Å². The van der Waals surface area contributed by atoms with Gasteiger partial charge in [-0.15, -0.1) is 22.7 Å². The Morgan fingerprint density at radius 3 is 2.44 bits per heavy atom. The lowest BCUT2D eigenvalue weighted by molar-refractivity contribution is 0.804. The van der Waals surface area contributed by atoms with Gasteiger partial charge in [-0.3, -0.25) is 4.99 Å². The molecule has 0 saturated heterocycles. The van der Waals surface area contributed by atoms with E-state index < -0.39 is 0 Å². The molecule has 0 bridgehead atoms. The van der Waals surface area contributed by atoms with E-state index in [9.17, 15) is 0 Å². The first-order valence-electron chi connectivity index (χ1n) is 5.88. The first-order chi connectivity index (χ1) is 8.88. The molecule has 0 radical (unpaired) electrons. The van der Waals surface area contributed by atoms with Gasteiger partial charge in [-0.05, 0) is 29.3 Å². The number of hydrogen-bond acceptors (Lipinski definition) is 3. The summed E-state index contributed by atoms with van der Waals surface area (Å²) in [6.45, 7) is 1.74. The van der Waals surface area contributed by atoms with Crippen LogP contribution >= 0.6 is 22.7 Å². The summed E-state index contributed by atoms with van der Waals surface area (Å²) < 4.78 is 0. The molecular weight excluding hydrogens is 262 g/mol. The summed E-state index contributed by atoms with van der Waals surface area (Å²) in [7, 11) is 1.80. The van der Waals surface area contributed by atoms with Gasteiger partial charge >= 0.3 is 0 Å². The lowest BCUT2D eigenvalue weighted by atomic mass is 10.3. The quantitative estimate of drug-likeness (QED) is 0.652. The Labute approximate surface area is 116 Å².